The largest absolute Gasteiger partial charge is 0.497 e. The molecule has 4 rings (SSSR count). The van der Waals surface area contributed by atoms with Crippen LogP contribution in [-0.4, -0.2) is 36.4 Å². The molecule has 6 nitrogen and oxygen atoms in total. The van der Waals surface area contributed by atoms with Crippen molar-refractivity contribution in [3.63, 3.8) is 0 Å². The van der Waals surface area contributed by atoms with Crippen LogP contribution in [0.4, 0.5) is 0 Å². The van der Waals surface area contributed by atoms with E-state index in [1.54, 1.807) is 20.3 Å². The summed E-state index contributed by atoms with van der Waals surface area (Å²) in [5.41, 5.74) is 3.05. The zero-order valence-electron chi connectivity index (χ0n) is 15.3. The predicted octanol–water partition coefficient (Wildman–Crippen LogP) is 3.64. The molecule has 0 saturated heterocycles. The summed E-state index contributed by atoms with van der Waals surface area (Å²) in [5.74, 6) is 1.21. The number of benzene rings is 2. The summed E-state index contributed by atoms with van der Waals surface area (Å²) in [6, 6.07) is 11.7. The molecule has 1 saturated carbocycles. The molecular weight excluding hydrogens is 342 g/mol. The molecular formula is C21H21N3O3. The number of amides is 1. The van der Waals surface area contributed by atoms with E-state index in [1.807, 2.05) is 42.5 Å². The predicted molar refractivity (Wildman–Crippen MR) is 105 cm³/mol. The molecule has 1 amide bonds. The van der Waals surface area contributed by atoms with E-state index in [9.17, 15) is 4.79 Å². The molecule has 1 heterocycles. The number of rotatable bonds is 6. The second-order valence-corrected chi connectivity index (χ2v) is 6.54. The maximum absolute atomic E-state index is 12.5. The van der Waals surface area contributed by atoms with Crippen LogP contribution >= 0.6 is 0 Å². The highest BCUT2D eigenvalue weighted by Gasteiger charge is 2.26. The van der Waals surface area contributed by atoms with Crippen LogP contribution in [0.1, 0.15) is 34.5 Å². The molecule has 0 aliphatic heterocycles. The van der Waals surface area contributed by atoms with Gasteiger partial charge in [0.2, 0.25) is 0 Å². The molecule has 6 heteroatoms. The van der Waals surface area contributed by atoms with Crippen molar-refractivity contribution in [2.75, 3.05) is 14.2 Å². The molecule has 27 heavy (non-hydrogen) atoms. The third kappa shape index (κ3) is 3.51. The zero-order valence-corrected chi connectivity index (χ0v) is 15.3. The number of carbonyl (C=O) groups excluding carboxylic acids is 1. The van der Waals surface area contributed by atoms with Gasteiger partial charge >= 0.3 is 0 Å². The van der Waals surface area contributed by atoms with E-state index in [0.717, 1.165) is 35.1 Å². The second kappa shape index (κ2) is 7.15. The van der Waals surface area contributed by atoms with Crippen LogP contribution in [0, 0.1) is 0 Å². The summed E-state index contributed by atoms with van der Waals surface area (Å²) in [6.45, 7) is 0. The lowest BCUT2D eigenvalue weighted by Crippen LogP contribution is -2.25. The second-order valence-electron chi connectivity index (χ2n) is 6.54. The number of methoxy groups -OCH3 is 2. The summed E-state index contributed by atoms with van der Waals surface area (Å²) in [5, 5.41) is 11.2. The number of H-pyrrole nitrogens is 1. The third-order valence-electron chi connectivity index (χ3n) is 4.60. The van der Waals surface area contributed by atoms with Crippen LogP contribution in [0.2, 0.25) is 0 Å². The Balaban J connectivity index is 1.72. The highest BCUT2D eigenvalue weighted by Crippen LogP contribution is 2.33. The van der Waals surface area contributed by atoms with Crippen molar-refractivity contribution >= 4 is 29.0 Å². The number of aromatic amines is 1. The van der Waals surface area contributed by atoms with E-state index in [0.29, 0.717) is 17.0 Å². The molecule has 0 radical (unpaired) electrons. The summed E-state index contributed by atoms with van der Waals surface area (Å²) >= 11 is 0. The molecule has 138 valence electrons. The van der Waals surface area contributed by atoms with Crippen LogP contribution in [0.15, 0.2) is 36.4 Å². The number of hydrogen-bond donors (Lipinski definition) is 2. The lowest BCUT2D eigenvalue weighted by molar-refractivity contribution is 0.0948. The number of fused-ring (bicyclic) bond motifs is 1. The molecule has 0 atom stereocenters. The van der Waals surface area contributed by atoms with E-state index >= 15 is 0 Å². The quantitative estimate of drug-likeness (QED) is 0.701. The fraction of sp³-hybridized carbons (Fsp3) is 0.238. The van der Waals surface area contributed by atoms with Gasteiger partial charge in [-0.3, -0.25) is 9.89 Å². The standard InChI is InChI=1S/C21H21N3O3/c1-26-15-5-3-4-13(12-15)6-10-17-19-18(24-23-17)11-9-16(20(19)27-2)21(25)22-14-7-8-14/h3-6,9-12,14H,7-8H2,1-2H3,(H,22,25)(H,23,24). The fourth-order valence-electron chi connectivity index (χ4n) is 3.03. The van der Waals surface area contributed by atoms with Crippen molar-refractivity contribution in [3.05, 3.63) is 53.2 Å². The lowest BCUT2D eigenvalue weighted by Gasteiger charge is -2.10. The first-order valence-corrected chi connectivity index (χ1v) is 8.87. The van der Waals surface area contributed by atoms with Crippen molar-refractivity contribution in [2.24, 2.45) is 0 Å². The Bertz CT molecular complexity index is 1020. The summed E-state index contributed by atoms with van der Waals surface area (Å²) in [4.78, 5) is 12.5. The van der Waals surface area contributed by atoms with Gasteiger partial charge in [-0.05, 0) is 48.7 Å². The van der Waals surface area contributed by atoms with E-state index < -0.39 is 0 Å². The van der Waals surface area contributed by atoms with Crippen molar-refractivity contribution < 1.29 is 14.3 Å². The van der Waals surface area contributed by atoms with Crippen LogP contribution in [0.5, 0.6) is 11.5 Å². The number of nitrogens with one attached hydrogen (secondary N) is 2. The Kier molecular flexibility index (Phi) is 4.54. The van der Waals surface area contributed by atoms with Crippen molar-refractivity contribution in [2.45, 2.75) is 18.9 Å². The smallest absolute Gasteiger partial charge is 0.255 e. The molecule has 1 aliphatic carbocycles. The Labute approximate surface area is 157 Å². The summed E-state index contributed by atoms with van der Waals surface area (Å²) < 4.78 is 10.9. The molecule has 0 bridgehead atoms. The lowest BCUT2D eigenvalue weighted by atomic mass is 10.1. The first kappa shape index (κ1) is 17.1. The normalized spacial score (nSPS) is 13.9. The molecule has 1 fully saturated rings. The first-order valence-electron chi connectivity index (χ1n) is 8.87. The topological polar surface area (TPSA) is 76.2 Å². The zero-order chi connectivity index (χ0) is 18.8. The number of aromatic nitrogens is 2. The number of carbonyl (C=O) groups is 1. The monoisotopic (exact) mass is 363 g/mol. The highest BCUT2D eigenvalue weighted by atomic mass is 16.5. The minimum atomic E-state index is -0.111. The fourth-order valence-corrected chi connectivity index (χ4v) is 3.03. The van der Waals surface area contributed by atoms with E-state index in [2.05, 4.69) is 15.5 Å². The number of ether oxygens (including phenoxy) is 2. The van der Waals surface area contributed by atoms with Gasteiger partial charge in [0.25, 0.3) is 5.91 Å². The first-order chi connectivity index (χ1) is 13.2. The minimum Gasteiger partial charge on any atom is -0.497 e. The number of nitrogens with zero attached hydrogens (tertiary/aromatic N) is 1. The molecule has 0 spiro atoms. The molecule has 3 aromatic rings. The highest BCUT2D eigenvalue weighted by molar-refractivity contribution is 6.05. The van der Waals surface area contributed by atoms with Gasteiger partial charge in [-0.2, -0.15) is 5.10 Å². The van der Waals surface area contributed by atoms with E-state index in [4.69, 9.17) is 9.47 Å². The number of hydrogen-bond acceptors (Lipinski definition) is 4. The van der Waals surface area contributed by atoms with Crippen LogP contribution in [0.3, 0.4) is 0 Å². The van der Waals surface area contributed by atoms with Crippen molar-refractivity contribution in [1.29, 1.82) is 0 Å². The Morgan fingerprint density at radius 3 is 2.78 bits per heavy atom. The molecule has 1 aromatic heterocycles. The Morgan fingerprint density at radius 2 is 2.04 bits per heavy atom. The van der Waals surface area contributed by atoms with Crippen molar-refractivity contribution in [3.8, 4) is 11.5 Å². The molecule has 1 aliphatic rings. The minimum absolute atomic E-state index is 0.111. The van der Waals surface area contributed by atoms with Crippen LogP contribution < -0.4 is 14.8 Å². The van der Waals surface area contributed by atoms with E-state index in [-0.39, 0.29) is 11.9 Å². The van der Waals surface area contributed by atoms with Gasteiger partial charge < -0.3 is 14.8 Å². The van der Waals surface area contributed by atoms with Gasteiger partial charge in [0.15, 0.2) is 0 Å². The van der Waals surface area contributed by atoms with Gasteiger partial charge in [-0.25, -0.2) is 0 Å². The van der Waals surface area contributed by atoms with Crippen LogP contribution in [0.25, 0.3) is 23.1 Å². The average Bonchev–Trinajstić information content (AvgIpc) is 3.42. The Morgan fingerprint density at radius 1 is 1.19 bits per heavy atom. The van der Waals surface area contributed by atoms with Gasteiger partial charge in [-0.15, -0.1) is 0 Å². The molecule has 2 aromatic carbocycles. The maximum Gasteiger partial charge on any atom is 0.255 e. The maximum atomic E-state index is 12.5. The van der Waals surface area contributed by atoms with Gasteiger partial charge in [-0.1, -0.05) is 18.2 Å². The summed E-state index contributed by atoms with van der Waals surface area (Å²) in [6.07, 6.45) is 5.93. The van der Waals surface area contributed by atoms with Gasteiger partial charge in [0.1, 0.15) is 11.5 Å². The van der Waals surface area contributed by atoms with Crippen molar-refractivity contribution in [1.82, 2.24) is 15.5 Å². The third-order valence-corrected chi connectivity index (χ3v) is 4.60. The van der Waals surface area contributed by atoms with Gasteiger partial charge in [0.05, 0.1) is 36.4 Å². The SMILES string of the molecule is COc1cccc(C=Cc2n[nH]c3ccc(C(=O)NC4CC4)c(OC)c23)c1. The van der Waals surface area contributed by atoms with E-state index in [1.165, 1.54) is 0 Å². The molecule has 0 unspecified atom stereocenters. The van der Waals surface area contributed by atoms with Crippen LogP contribution in [-0.2, 0) is 0 Å². The summed E-state index contributed by atoms with van der Waals surface area (Å²) in [7, 11) is 3.22. The average molecular weight is 363 g/mol. The Hall–Kier alpha value is -3.28. The van der Waals surface area contributed by atoms with Gasteiger partial charge in [0, 0.05) is 6.04 Å². The molecule has 2 N–H and O–H groups in total.